The molecule has 1 rings (SSSR count). The van der Waals surface area contributed by atoms with E-state index >= 15 is 0 Å². The summed E-state index contributed by atoms with van der Waals surface area (Å²) in [4.78, 5) is 0. The zero-order chi connectivity index (χ0) is 15.6. The first kappa shape index (κ1) is 18.0. The minimum atomic E-state index is -4.12. The van der Waals surface area contributed by atoms with Crippen LogP contribution in [-0.2, 0) is 13.1 Å². The van der Waals surface area contributed by atoms with E-state index in [2.05, 4.69) is 12.0 Å². The number of unbranched alkanes of at least 4 members (excludes halogenated alkanes) is 7. The van der Waals surface area contributed by atoms with Crippen molar-refractivity contribution in [2.24, 2.45) is 0 Å². The number of aromatic nitrogens is 3. The van der Waals surface area contributed by atoms with Crippen LogP contribution in [0, 0.1) is 0 Å². The molecular formula is C15H27F3N3+. The van der Waals surface area contributed by atoms with Gasteiger partial charge in [-0.15, -0.1) is 4.68 Å². The Hall–Kier alpha value is -1.07. The van der Waals surface area contributed by atoms with Gasteiger partial charge in [0.2, 0.25) is 6.33 Å². The van der Waals surface area contributed by atoms with Crippen LogP contribution in [0.15, 0.2) is 12.7 Å². The summed E-state index contributed by atoms with van der Waals surface area (Å²) in [6.45, 7) is 2.95. The Morgan fingerprint density at radius 2 is 1.62 bits per heavy atom. The molecule has 1 heterocycles. The Balaban J connectivity index is 2.06. The molecule has 0 amide bonds. The fourth-order valence-corrected chi connectivity index (χ4v) is 2.26. The Morgan fingerprint density at radius 3 is 2.24 bits per heavy atom. The predicted molar refractivity (Wildman–Crippen MR) is 75.7 cm³/mol. The SMILES string of the molecule is CCCCCCCCCC[n+]1cnn(CCC(F)(F)F)c1. The number of alkyl halides is 3. The van der Waals surface area contributed by atoms with Gasteiger partial charge in [0.25, 0.3) is 6.33 Å². The molecule has 1 aromatic rings. The topological polar surface area (TPSA) is 21.7 Å². The lowest BCUT2D eigenvalue weighted by Crippen LogP contribution is -2.31. The second-order valence-electron chi connectivity index (χ2n) is 5.59. The van der Waals surface area contributed by atoms with Crippen LogP contribution in [0.1, 0.15) is 64.7 Å². The van der Waals surface area contributed by atoms with Gasteiger partial charge in [-0.2, -0.15) is 13.2 Å². The Bertz CT molecular complexity index is 374. The smallest absolute Gasteiger partial charge is 0.237 e. The van der Waals surface area contributed by atoms with Crippen molar-refractivity contribution in [1.82, 2.24) is 9.78 Å². The standard InChI is InChI=1S/C15H27F3N3/c1-2-3-4-5-6-7-8-9-11-20-13-19-21(14-20)12-10-15(16,17)18/h13-14H,2-12H2,1H3/q+1. The van der Waals surface area contributed by atoms with Crippen molar-refractivity contribution in [2.75, 3.05) is 0 Å². The van der Waals surface area contributed by atoms with Crippen molar-refractivity contribution < 1.29 is 17.7 Å². The maximum Gasteiger partial charge on any atom is 0.392 e. The summed E-state index contributed by atoms with van der Waals surface area (Å²) in [7, 11) is 0. The number of hydrogen-bond acceptors (Lipinski definition) is 1. The van der Waals surface area contributed by atoms with Gasteiger partial charge in [-0.25, -0.2) is 4.57 Å². The van der Waals surface area contributed by atoms with Crippen LogP contribution < -0.4 is 4.57 Å². The molecule has 21 heavy (non-hydrogen) atoms. The van der Waals surface area contributed by atoms with Crippen molar-refractivity contribution in [3.8, 4) is 0 Å². The Kier molecular flexibility index (Phi) is 8.38. The zero-order valence-corrected chi connectivity index (χ0v) is 12.9. The highest BCUT2D eigenvalue weighted by Crippen LogP contribution is 2.19. The summed E-state index contributed by atoms with van der Waals surface area (Å²) in [6.07, 6.45) is 8.33. The fourth-order valence-electron chi connectivity index (χ4n) is 2.26. The van der Waals surface area contributed by atoms with E-state index < -0.39 is 12.6 Å². The predicted octanol–water partition coefficient (Wildman–Crippen LogP) is 4.26. The summed E-state index contributed by atoms with van der Waals surface area (Å²) in [5.41, 5.74) is 0. The molecule has 0 atom stereocenters. The molecule has 0 bridgehead atoms. The van der Waals surface area contributed by atoms with E-state index in [1.165, 1.54) is 49.6 Å². The quantitative estimate of drug-likeness (QED) is 0.442. The van der Waals surface area contributed by atoms with Crippen molar-refractivity contribution in [3.05, 3.63) is 12.7 Å². The first-order valence-electron chi connectivity index (χ1n) is 7.99. The van der Waals surface area contributed by atoms with Crippen LogP contribution in [0.25, 0.3) is 0 Å². The maximum atomic E-state index is 12.1. The highest BCUT2D eigenvalue weighted by atomic mass is 19.4. The molecule has 3 nitrogen and oxygen atoms in total. The van der Waals surface area contributed by atoms with E-state index in [4.69, 9.17) is 0 Å². The van der Waals surface area contributed by atoms with E-state index in [9.17, 15) is 13.2 Å². The van der Waals surface area contributed by atoms with Crippen LogP contribution in [0.5, 0.6) is 0 Å². The van der Waals surface area contributed by atoms with Crippen molar-refractivity contribution in [2.45, 2.75) is 84.0 Å². The zero-order valence-electron chi connectivity index (χ0n) is 12.9. The summed E-state index contributed by atoms with van der Waals surface area (Å²) in [5.74, 6) is 0. The molecule has 0 aromatic carbocycles. The molecule has 0 saturated heterocycles. The molecule has 0 radical (unpaired) electrons. The third-order valence-corrected chi connectivity index (χ3v) is 3.52. The van der Waals surface area contributed by atoms with E-state index in [-0.39, 0.29) is 6.54 Å². The molecule has 0 aliphatic heterocycles. The maximum absolute atomic E-state index is 12.1. The largest absolute Gasteiger partial charge is 0.392 e. The summed E-state index contributed by atoms with van der Waals surface area (Å²) in [5, 5.41) is 3.95. The molecule has 0 spiro atoms. The van der Waals surface area contributed by atoms with Crippen LogP contribution in [0.2, 0.25) is 0 Å². The Labute approximate surface area is 125 Å². The second kappa shape index (κ2) is 9.79. The highest BCUT2D eigenvalue weighted by Gasteiger charge is 2.28. The average molecular weight is 306 g/mol. The number of rotatable bonds is 11. The summed E-state index contributed by atoms with van der Waals surface area (Å²) >= 11 is 0. The van der Waals surface area contributed by atoms with Crippen LogP contribution in [0.4, 0.5) is 13.2 Å². The van der Waals surface area contributed by atoms with Gasteiger partial charge in [-0.05, 0) is 6.42 Å². The van der Waals surface area contributed by atoms with Gasteiger partial charge in [0.05, 0.1) is 13.0 Å². The van der Waals surface area contributed by atoms with Crippen LogP contribution >= 0.6 is 0 Å². The summed E-state index contributed by atoms with van der Waals surface area (Å²) in [6, 6.07) is 0. The van der Waals surface area contributed by atoms with Gasteiger partial charge in [-0.3, -0.25) is 0 Å². The molecule has 0 N–H and O–H groups in total. The molecule has 0 unspecified atom stereocenters. The number of hydrogen-bond donors (Lipinski definition) is 0. The normalized spacial score (nSPS) is 12.0. The lowest BCUT2D eigenvalue weighted by Gasteiger charge is -2.02. The molecule has 1 aromatic heterocycles. The minimum Gasteiger partial charge on any atom is -0.237 e. The molecular weight excluding hydrogens is 279 g/mol. The number of nitrogens with zero attached hydrogens (tertiary/aromatic N) is 3. The van der Waals surface area contributed by atoms with Crippen LogP contribution in [-0.4, -0.2) is 16.0 Å². The first-order valence-corrected chi connectivity index (χ1v) is 7.99. The molecule has 0 saturated carbocycles. The molecule has 6 heteroatoms. The van der Waals surface area contributed by atoms with Gasteiger partial charge in [-0.1, -0.05) is 51.9 Å². The van der Waals surface area contributed by atoms with Gasteiger partial charge in [0.1, 0.15) is 6.54 Å². The lowest BCUT2D eigenvalue weighted by molar-refractivity contribution is -0.698. The summed E-state index contributed by atoms with van der Waals surface area (Å²) < 4.78 is 39.5. The third kappa shape index (κ3) is 9.47. The average Bonchev–Trinajstić information content (AvgIpc) is 2.87. The molecule has 0 aliphatic rings. The van der Waals surface area contributed by atoms with E-state index in [0.717, 1.165) is 13.0 Å². The van der Waals surface area contributed by atoms with Gasteiger partial charge < -0.3 is 0 Å². The minimum absolute atomic E-state index is 0.103. The van der Waals surface area contributed by atoms with Gasteiger partial charge in [0, 0.05) is 5.10 Å². The first-order chi connectivity index (χ1) is 10.0. The van der Waals surface area contributed by atoms with Crippen LogP contribution in [0.3, 0.4) is 0 Å². The van der Waals surface area contributed by atoms with E-state index in [1.807, 2.05) is 4.57 Å². The molecule has 0 aliphatic carbocycles. The molecule has 122 valence electrons. The van der Waals surface area contributed by atoms with Crippen molar-refractivity contribution in [1.29, 1.82) is 0 Å². The lowest BCUT2D eigenvalue weighted by atomic mass is 10.1. The third-order valence-electron chi connectivity index (χ3n) is 3.52. The second-order valence-corrected chi connectivity index (χ2v) is 5.59. The number of halogens is 3. The Morgan fingerprint density at radius 1 is 1.00 bits per heavy atom. The van der Waals surface area contributed by atoms with Gasteiger partial charge in [0.15, 0.2) is 0 Å². The highest BCUT2D eigenvalue weighted by molar-refractivity contribution is 4.53. The van der Waals surface area contributed by atoms with Gasteiger partial charge >= 0.3 is 6.18 Å². The molecule has 0 fully saturated rings. The number of aryl methyl sites for hydroxylation is 2. The van der Waals surface area contributed by atoms with E-state index in [1.54, 1.807) is 12.7 Å². The van der Waals surface area contributed by atoms with E-state index in [0.29, 0.717) is 0 Å². The van der Waals surface area contributed by atoms with Crippen molar-refractivity contribution >= 4 is 0 Å². The monoisotopic (exact) mass is 306 g/mol. The van der Waals surface area contributed by atoms with Crippen molar-refractivity contribution in [3.63, 3.8) is 0 Å². The fraction of sp³-hybridized carbons (Fsp3) is 0.867.